The molecule has 0 aliphatic carbocycles. The van der Waals surface area contributed by atoms with E-state index in [-0.39, 0.29) is 23.4 Å². The molecule has 7 nitrogen and oxygen atoms in total. The molecule has 3 aromatic rings. The van der Waals surface area contributed by atoms with E-state index in [0.29, 0.717) is 12.1 Å². The monoisotopic (exact) mass is 535 g/mol. The maximum absolute atomic E-state index is 14.0. The first-order chi connectivity index (χ1) is 18.0. The first-order valence-corrected chi connectivity index (χ1v) is 14.3. The van der Waals surface area contributed by atoms with Crippen LogP contribution in [0.2, 0.25) is 0 Å². The summed E-state index contributed by atoms with van der Waals surface area (Å²) in [6.07, 6.45) is 0.381. The lowest BCUT2D eigenvalue weighted by molar-refractivity contribution is -0.140. The van der Waals surface area contributed by atoms with E-state index in [1.54, 1.807) is 42.5 Å². The summed E-state index contributed by atoms with van der Waals surface area (Å²) in [6, 6.07) is 22.1. The number of amides is 2. The maximum Gasteiger partial charge on any atom is 0.264 e. The van der Waals surface area contributed by atoms with E-state index in [0.717, 1.165) is 21.0 Å². The van der Waals surface area contributed by atoms with E-state index in [4.69, 9.17) is 0 Å². The van der Waals surface area contributed by atoms with Gasteiger partial charge in [0.1, 0.15) is 12.6 Å². The Balaban J connectivity index is 2.05. The van der Waals surface area contributed by atoms with Gasteiger partial charge in [0.25, 0.3) is 10.0 Å². The predicted octanol–water partition coefficient (Wildman–Crippen LogP) is 4.83. The van der Waals surface area contributed by atoms with Crippen LogP contribution in [0, 0.1) is 13.8 Å². The zero-order valence-corrected chi connectivity index (χ0v) is 23.5. The minimum atomic E-state index is -4.08. The van der Waals surface area contributed by atoms with Gasteiger partial charge in [-0.05, 0) is 69.5 Å². The van der Waals surface area contributed by atoms with E-state index in [2.05, 4.69) is 5.32 Å². The highest BCUT2D eigenvalue weighted by atomic mass is 32.2. The van der Waals surface area contributed by atoms with Gasteiger partial charge in [0.2, 0.25) is 11.8 Å². The molecular weight excluding hydrogens is 498 g/mol. The van der Waals surface area contributed by atoms with Gasteiger partial charge in [0, 0.05) is 12.6 Å². The third-order valence-corrected chi connectivity index (χ3v) is 7.98. The molecule has 8 heteroatoms. The van der Waals surface area contributed by atoms with Gasteiger partial charge in [-0.25, -0.2) is 8.42 Å². The van der Waals surface area contributed by atoms with Crippen LogP contribution in [-0.4, -0.2) is 43.8 Å². The molecule has 0 saturated carbocycles. The smallest absolute Gasteiger partial charge is 0.264 e. The predicted molar refractivity (Wildman–Crippen MR) is 151 cm³/mol. The summed E-state index contributed by atoms with van der Waals surface area (Å²) in [5, 5.41) is 2.90. The van der Waals surface area contributed by atoms with Crippen LogP contribution in [-0.2, 0) is 26.2 Å². The summed E-state index contributed by atoms with van der Waals surface area (Å²) in [4.78, 5) is 28.7. The Morgan fingerprint density at radius 1 is 0.868 bits per heavy atom. The van der Waals surface area contributed by atoms with Crippen molar-refractivity contribution < 1.29 is 18.0 Å². The highest BCUT2D eigenvalue weighted by molar-refractivity contribution is 7.92. The van der Waals surface area contributed by atoms with Gasteiger partial charge in [-0.3, -0.25) is 13.9 Å². The molecule has 1 atom stereocenters. The molecule has 0 aliphatic heterocycles. The molecule has 3 aromatic carbocycles. The topological polar surface area (TPSA) is 86.8 Å². The molecule has 0 spiro atoms. The average Bonchev–Trinajstić information content (AvgIpc) is 2.87. The largest absolute Gasteiger partial charge is 0.352 e. The minimum absolute atomic E-state index is 0.0941. The second-order valence-corrected chi connectivity index (χ2v) is 11.6. The summed E-state index contributed by atoms with van der Waals surface area (Å²) in [5.41, 5.74) is 3.03. The number of hydrogen-bond acceptors (Lipinski definition) is 4. The Hall–Kier alpha value is -3.65. The van der Waals surface area contributed by atoms with Crippen molar-refractivity contribution in [3.63, 3.8) is 0 Å². The second kappa shape index (κ2) is 12.7. The Labute approximate surface area is 226 Å². The average molecular weight is 536 g/mol. The van der Waals surface area contributed by atoms with Crippen molar-refractivity contribution in [2.45, 2.75) is 64.6 Å². The first kappa shape index (κ1) is 28.9. The zero-order valence-electron chi connectivity index (χ0n) is 22.7. The quantitative estimate of drug-likeness (QED) is 0.381. The molecule has 0 unspecified atom stereocenters. The van der Waals surface area contributed by atoms with Crippen LogP contribution in [0.3, 0.4) is 0 Å². The van der Waals surface area contributed by atoms with Gasteiger partial charge in [-0.1, -0.05) is 67.1 Å². The van der Waals surface area contributed by atoms with Crippen molar-refractivity contribution in [1.29, 1.82) is 0 Å². The summed E-state index contributed by atoms with van der Waals surface area (Å²) in [7, 11) is -4.08. The Kier molecular flexibility index (Phi) is 9.69. The molecular formula is C30H37N3O4S. The van der Waals surface area contributed by atoms with Gasteiger partial charge < -0.3 is 10.2 Å². The van der Waals surface area contributed by atoms with Crippen LogP contribution < -0.4 is 9.62 Å². The number of benzene rings is 3. The molecule has 0 aliphatic rings. The number of nitrogens with one attached hydrogen (secondary N) is 1. The highest BCUT2D eigenvalue weighted by Crippen LogP contribution is 2.26. The van der Waals surface area contributed by atoms with E-state index >= 15 is 0 Å². The van der Waals surface area contributed by atoms with Gasteiger partial charge >= 0.3 is 0 Å². The van der Waals surface area contributed by atoms with Crippen LogP contribution in [0.15, 0.2) is 83.8 Å². The Bertz CT molecular complexity index is 1340. The molecule has 0 bridgehead atoms. The number of hydrogen-bond donors (Lipinski definition) is 1. The van der Waals surface area contributed by atoms with Crippen molar-refractivity contribution in [3.8, 4) is 0 Å². The van der Waals surface area contributed by atoms with Crippen LogP contribution in [0.1, 0.15) is 43.9 Å². The Morgan fingerprint density at radius 2 is 1.53 bits per heavy atom. The fourth-order valence-electron chi connectivity index (χ4n) is 4.23. The van der Waals surface area contributed by atoms with Crippen molar-refractivity contribution in [2.75, 3.05) is 10.8 Å². The molecule has 2 amide bonds. The standard InChI is InChI=1S/C30H37N3O4S/c1-6-28(30(35)31-22(2)3)32(20-25-12-8-7-9-13-25)29(34)21-33(26-14-10-11-24(5)19-26)38(36,37)27-17-15-23(4)16-18-27/h7-19,22,28H,6,20-21H2,1-5H3,(H,31,35)/t28-/m0/s1. The number of aryl methyl sites for hydroxylation is 2. The van der Waals surface area contributed by atoms with Gasteiger partial charge in [-0.2, -0.15) is 0 Å². The van der Waals surface area contributed by atoms with Crippen LogP contribution >= 0.6 is 0 Å². The fraction of sp³-hybridized carbons (Fsp3) is 0.333. The van der Waals surface area contributed by atoms with Crippen LogP contribution in [0.25, 0.3) is 0 Å². The maximum atomic E-state index is 14.0. The molecule has 3 rings (SSSR count). The van der Waals surface area contributed by atoms with Crippen molar-refractivity contribution in [3.05, 3.63) is 95.6 Å². The number of nitrogens with zero attached hydrogens (tertiary/aromatic N) is 2. The molecule has 0 radical (unpaired) electrons. The summed E-state index contributed by atoms with van der Waals surface area (Å²) in [6.45, 7) is 9.05. The molecule has 38 heavy (non-hydrogen) atoms. The van der Waals surface area contributed by atoms with Crippen molar-refractivity contribution >= 4 is 27.5 Å². The zero-order chi connectivity index (χ0) is 27.9. The molecule has 0 heterocycles. The highest BCUT2D eigenvalue weighted by Gasteiger charge is 2.33. The van der Waals surface area contributed by atoms with E-state index in [1.807, 2.05) is 71.0 Å². The van der Waals surface area contributed by atoms with E-state index in [9.17, 15) is 18.0 Å². The van der Waals surface area contributed by atoms with Gasteiger partial charge in [0.15, 0.2) is 0 Å². The van der Waals surface area contributed by atoms with Gasteiger partial charge in [-0.15, -0.1) is 0 Å². The second-order valence-electron chi connectivity index (χ2n) is 9.76. The van der Waals surface area contributed by atoms with Crippen molar-refractivity contribution in [2.24, 2.45) is 0 Å². The molecule has 0 aromatic heterocycles. The SMILES string of the molecule is CC[C@@H](C(=O)NC(C)C)N(Cc1ccccc1)C(=O)CN(c1cccc(C)c1)S(=O)(=O)c1ccc(C)cc1. The third kappa shape index (κ3) is 7.22. The summed E-state index contributed by atoms with van der Waals surface area (Å²) >= 11 is 0. The molecule has 0 saturated heterocycles. The lowest BCUT2D eigenvalue weighted by Crippen LogP contribution is -2.53. The number of sulfonamides is 1. The molecule has 202 valence electrons. The minimum Gasteiger partial charge on any atom is -0.352 e. The third-order valence-electron chi connectivity index (χ3n) is 6.19. The number of carbonyl (C=O) groups is 2. The van der Waals surface area contributed by atoms with E-state index in [1.165, 1.54) is 4.90 Å². The number of rotatable bonds is 11. The Morgan fingerprint density at radius 3 is 2.11 bits per heavy atom. The normalized spacial score (nSPS) is 12.2. The van der Waals surface area contributed by atoms with Gasteiger partial charge in [0.05, 0.1) is 10.6 Å². The first-order valence-electron chi connectivity index (χ1n) is 12.8. The van der Waals surface area contributed by atoms with Crippen LogP contribution in [0.5, 0.6) is 0 Å². The molecule has 1 N–H and O–H groups in total. The molecule has 0 fully saturated rings. The number of carbonyl (C=O) groups excluding carboxylic acids is 2. The lowest BCUT2D eigenvalue weighted by atomic mass is 10.1. The van der Waals surface area contributed by atoms with Crippen LogP contribution in [0.4, 0.5) is 5.69 Å². The van der Waals surface area contributed by atoms with E-state index < -0.39 is 28.5 Å². The summed E-state index contributed by atoms with van der Waals surface area (Å²) < 4.78 is 28.9. The number of anilines is 1. The van der Waals surface area contributed by atoms with Crippen molar-refractivity contribution in [1.82, 2.24) is 10.2 Å². The fourth-order valence-corrected chi connectivity index (χ4v) is 5.64. The summed E-state index contributed by atoms with van der Waals surface area (Å²) in [5.74, 6) is -0.730. The lowest BCUT2D eigenvalue weighted by Gasteiger charge is -2.33.